The fraction of sp³-hybridized carbons (Fsp3) is 0.625. The molecule has 0 amide bonds. The zero-order chi connectivity index (χ0) is 15.1. The minimum atomic E-state index is -0.0754. The number of ether oxygens (including phenoxy) is 2. The number of aryl methyl sites for hydroxylation is 1. The molecule has 1 aliphatic rings. The highest BCUT2D eigenvalue weighted by Gasteiger charge is 2.20. The maximum atomic E-state index is 9.24. The number of methoxy groups -OCH3 is 1. The number of aliphatic hydroxyl groups excluding tert-OH is 1. The number of morpholine rings is 1. The molecule has 2 N–H and O–H groups in total. The van der Waals surface area contributed by atoms with Gasteiger partial charge in [-0.2, -0.15) is 0 Å². The molecule has 0 radical (unpaired) electrons. The average Bonchev–Trinajstić information content (AvgIpc) is 2.52. The SMILES string of the molecule is COCCNCc1ccc(N2CCOC(CO)C2)c(C)c1. The van der Waals surface area contributed by atoms with E-state index in [0.717, 1.165) is 32.8 Å². The number of hydrogen-bond acceptors (Lipinski definition) is 5. The summed E-state index contributed by atoms with van der Waals surface area (Å²) in [4.78, 5) is 2.29. The molecule has 1 fully saturated rings. The minimum Gasteiger partial charge on any atom is -0.394 e. The molecule has 0 aromatic heterocycles. The second-order valence-electron chi connectivity index (χ2n) is 5.41. The van der Waals surface area contributed by atoms with Gasteiger partial charge in [-0.1, -0.05) is 12.1 Å². The van der Waals surface area contributed by atoms with Crippen molar-refractivity contribution in [2.75, 3.05) is 51.5 Å². The van der Waals surface area contributed by atoms with E-state index in [9.17, 15) is 5.11 Å². The lowest BCUT2D eigenvalue weighted by atomic mass is 10.1. The Morgan fingerprint density at radius 1 is 1.48 bits per heavy atom. The summed E-state index contributed by atoms with van der Waals surface area (Å²) in [6, 6.07) is 6.55. The van der Waals surface area contributed by atoms with Crippen molar-refractivity contribution in [3.63, 3.8) is 0 Å². The molecule has 5 nitrogen and oxygen atoms in total. The van der Waals surface area contributed by atoms with Crippen molar-refractivity contribution in [2.24, 2.45) is 0 Å². The number of hydrogen-bond donors (Lipinski definition) is 2. The molecule has 0 spiro atoms. The van der Waals surface area contributed by atoms with E-state index in [1.165, 1.54) is 16.8 Å². The van der Waals surface area contributed by atoms with Gasteiger partial charge in [0.25, 0.3) is 0 Å². The number of nitrogens with zero attached hydrogens (tertiary/aromatic N) is 1. The smallest absolute Gasteiger partial charge is 0.0980 e. The summed E-state index contributed by atoms with van der Waals surface area (Å²) in [6.07, 6.45) is -0.0754. The molecular formula is C16H26N2O3. The lowest BCUT2D eigenvalue weighted by molar-refractivity contribution is 0.00354. The Morgan fingerprint density at radius 2 is 2.33 bits per heavy atom. The van der Waals surface area contributed by atoms with E-state index in [1.54, 1.807) is 7.11 Å². The standard InChI is InChI=1S/C16H26N2O3/c1-13-9-14(10-17-5-7-20-2)3-4-16(13)18-6-8-21-15(11-18)12-19/h3-4,9,15,17,19H,5-8,10-12H2,1-2H3. The van der Waals surface area contributed by atoms with Crippen LogP contribution in [0, 0.1) is 6.92 Å². The highest BCUT2D eigenvalue weighted by molar-refractivity contribution is 5.54. The van der Waals surface area contributed by atoms with Crippen LogP contribution in [0.3, 0.4) is 0 Å². The van der Waals surface area contributed by atoms with Gasteiger partial charge in [0.1, 0.15) is 0 Å². The van der Waals surface area contributed by atoms with Crippen molar-refractivity contribution >= 4 is 5.69 Å². The summed E-state index contributed by atoms with van der Waals surface area (Å²) in [7, 11) is 1.71. The first-order valence-corrected chi connectivity index (χ1v) is 7.51. The molecule has 21 heavy (non-hydrogen) atoms. The second kappa shape index (κ2) is 8.34. The topological polar surface area (TPSA) is 54.0 Å². The third kappa shape index (κ3) is 4.68. The molecule has 1 aliphatic heterocycles. The maximum Gasteiger partial charge on any atom is 0.0980 e. The fourth-order valence-electron chi connectivity index (χ4n) is 2.64. The molecule has 2 rings (SSSR count). The van der Waals surface area contributed by atoms with Crippen LogP contribution < -0.4 is 10.2 Å². The van der Waals surface area contributed by atoms with Gasteiger partial charge in [-0.25, -0.2) is 0 Å². The molecule has 1 atom stereocenters. The van der Waals surface area contributed by atoms with Gasteiger partial charge in [0.2, 0.25) is 0 Å². The van der Waals surface area contributed by atoms with Crippen molar-refractivity contribution < 1.29 is 14.6 Å². The van der Waals surface area contributed by atoms with Crippen LogP contribution in [0.1, 0.15) is 11.1 Å². The Hall–Kier alpha value is -1.14. The van der Waals surface area contributed by atoms with Crippen LogP contribution in [0.15, 0.2) is 18.2 Å². The summed E-state index contributed by atoms with van der Waals surface area (Å²) in [5.41, 5.74) is 3.77. The van der Waals surface area contributed by atoms with Crippen molar-refractivity contribution in [3.8, 4) is 0 Å². The third-order valence-corrected chi connectivity index (χ3v) is 3.76. The molecule has 0 saturated carbocycles. The molecule has 118 valence electrons. The van der Waals surface area contributed by atoms with Gasteiger partial charge in [-0.05, 0) is 24.1 Å². The number of aliphatic hydroxyl groups is 1. The van der Waals surface area contributed by atoms with E-state index in [-0.39, 0.29) is 12.7 Å². The van der Waals surface area contributed by atoms with E-state index >= 15 is 0 Å². The Balaban J connectivity index is 1.95. The van der Waals surface area contributed by atoms with Crippen LogP contribution in [-0.4, -0.2) is 57.8 Å². The lowest BCUT2D eigenvalue weighted by Gasteiger charge is -2.34. The molecule has 0 aliphatic carbocycles. The van der Waals surface area contributed by atoms with Crippen LogP contribution in [0.4, 0.5) is 5.69 Å². The zero-order valence-corrected chi connectivity index (χ0v) is 13.0. The van der Waals surface area contributed by atoms with Crippen LogP contribution in [0.2, 0.25) is 0 Å². The highest BCUT2D eigenvalue weighted by Crippen LogP contribution is 2.23. The fourth-order valence-corrected chi connectivity index (χ4v) is 2.64. The summed E-state index contributed by atoms with van der Waals surface area (Å²) in [5.74, 6) is 0. The van der Waals surface area contributed by atoms with Gasteiger partial charge in [-0.3, -0.25) is 0 Å². The molecular weight excluding hydrogens is 268 g/mol. The first kappa shape index (κ1) is 16.2. The predicted octanol–water partition coefficient (Wildman–Crippen LogP) is 0.929. The van der Waals surface area contributed by atoms with Gasteiger partial charge in [0, 0.05) is 39.0 Å². The lowest BCUT2D eigenvalue weighted by Crippen LogP contribution is -2.44. The monoisotopic (exact) mass is 294 g/mol. The molecule has 1 aromatic carbocycles. The predicted molar refractivity (Wildman–Crippen MR) is 83.8 cm³/mol. The van der Waals surface area contributed by atoms with Crippen molar-refractivity contribution in [2.45, 2.75) is 19.6 Å². The second-order valence-corrected chi connectivity index (χ2v) is 5.41. The molecule has 1 saturated heterocycles. The van der Waals surface area contributed by atoms with E-state index in [2.05, 4.69) is 35.3 Å². The number of nitrogens with one attached hydrogen (secondary N) is 1. The van der Waals surface area contributed by atoms with Gasteiger partial charge >= 0.3 is 0 Å². The Kier molecular flexibility index (Phi) is 6.45. The van der Waals surface area contributed by atoms with Crippen LogP contribution >= 0.6 is 0 Å². The molecule has 0 bridgehead atoms. The minimum absolute atomic E-state index is 0.0754. The quantitative estimate of drug-likeness (QED) is 0.733. The summed E-state index contributed by atoms with van der Waals surface area (Å²) >= 11 is 0. The highest BCUT2D eigenvalue weighted by atomic mass is 16.5. The van der Waals surface area contributed by atoms with Crippen LogP contribution in [-0.2, 0) is 16.0 Å². The molecule has 1 aromatic rings. The number of benzene rings is 1. The molecule has 1 heterocycles. The van der Waals surface area contributed by atoms with Gasteiger partial charge in [-0.15, -0.1) is 0 Å². The zero-order valence-electron chi connectivity index (χ0n) is 13.0. The van der Waals surface area contributed by atoms with Gasteiger partial charge < -0.3 is 24.8 Å². The van der Waals surface area contributed by atoms with Gasteiger partial charge in [0.05, 0.1) is 25.9 Å². The van der Waals surface area contributed by atoms with Crippen molar-refractivity contribution in [1.82, 2.24) is 5.32 Å². The summed E-state index contributed by atoms with van der Waals surface area (Å²) < 4.78 is 10.5. The van der Waals surface area contributed by atoms with Crippen LogP contribution in [0.25, 0.3) is 0 Å². The van der Waals surface area contributed by atoms with E-state index in [0.29, 0.717) is 6.61 Å². The number of anilines is 1. The van der Waals surface area contributed by atoms with Crippen LogP contribution in [0.5, 0.6) is 0 Å². The largest absolute Gasteiger partial charge is 0.394 e. The van der Waals surface area contributed by atoms with Crippen molar-refractivity contribution in [1.29, 1.82) is 0 Å². The summed E-state index contributed by atoms with van der Waals surface area (Å²) in [5, 5.41) is 12.6. The van der Waals surface area contributed by atoms with E-state index < -0.39 is 0 Å². The number of rotatable bonds is 7. The third-order valence-electron chi connectivity index (χ3n) is 3.76. The van der Waals surface area contributed by atoms with E-state index in [1.807, 2.05) is 0 Å². The van der Waals surface area contributed by atoms with Gasteiger partial charge in [0.15, 0.2) is 0 Å². The Morgan fingerprint density at radius 3 is 3.05 bits per heavy atom. The Bertz CT molecular complexity index is 440. The molecule has 5 heteroatoms. The van der Waals surface area contributed by atoms with E-state index in [4.69, 9.17) is 9.47 Å². The Labute approximate surface area is 126 Å². The first-order valence-electron chi connectivity index (χ1n) is 7.51. The normalized spacial score (nSPS) is 19.0. The molecule has 1 unspecified atom stereocenters. The van der Waals surface area contributed by atoms with Crippen molar-refractivity contribution in [3.05, 3.63) is 29.3 Å². The summed E-state index contributed by atoms with van der Waals surface area (Å²) in [6.45, 7) is 6.96. The average molecular weight is 294 g/mol. The maximum absolute atomic E-state index is 9.24. The first-order chi connectivity index (χ1) is 10.2.